The van der Waals surface area contributed by atoms with Gasteiger partial charge in [0, 0.05) is 16.9 Å². The van der Waals surface area contributed by atoms with Crippen molar-refractivity contribution in [3.05, 3.63) is 83.7 Å². The minimum atomic E-state index is 0.466. The molecule has 5 rings (SSSR count). The molecule has 0 amide bonds. The second-order valence-corrected chi connectivity index (χ2v) is 10.2. The SMILES string of the molecule is CB1CC1c1n(-c2c(C(C)C)cccc2C(C)C)c2cc(-c3ccccc3)ccc2[n+]1C. The molecule has 1 aromatic heterocycles. The molecule has 0 aliphatic carbocycles. The van der Waals surface area contributed by atoms with Crippen molar-refractivity contribution in [2.24, 2.45) is 7.05 Å². The molecule has 3 heteroatoms. The Hall–Kier alpha value is -2.81. The molecule has 1 fully saturated rings. The van der Waals surface area contributed by atoms with Gasteiger partial charge in [0.15, 0.2) is 17.7 Å². The Kier molecular flexibility index (Phi) is 5.24. The number of benzene rings is 3. The van der Waals surface area contributed by atoms with E-state index in [2.05, 4.69) is 117 Å². The lowest BCUT2D eigenvalue weighted by molar-refractivity contribution is -0.653. The fraction of sp³-hybridized carbons (Fsp3) is 0.345. The first-order chi connectivity index (χ1) is 15.4. The van der Waals surface area contributed by atoms with Crippen molar-refractivity contribution < 1.29 is 4.57 Å². The first kappa shape index (κ1) is 21.1. The van der Waals surface area contributed by atoms with Gasteiger partial charge in [-0.1, -0.05) is 89.4 Å². The van der Waals surface area contributed by atoms with Gasteiger partial charge in [0.1, 0.15) is 5.69 Å². The topological polar surface area (TPSA) is 8.81 Å². The Balaban J connectivity index is 1.88. The molecule has 1 saturated heterocycles. The minimum absolute atomic E-state index is 0.466. The molecule has 0 bridgehead atoms. The van der Waals surface area contributed by atoms with E-state index in [1.165, 1.54) is 51.1 Å². The van der Waals surface area contributed by atoms with Crippen LogP contribution in [0.4, 0.5) is 0 Å². The highest BCUT2D eigenvalue weighted by atomic mass is 15.2. The predicted octanol–water partition coefficient (Wildman–Crippen LogP) is 7.13. The first-order valence-electron chi connectivity index (χ1n) is 12.1. The molecule has 1 aliphatic rings. The fourth-order valence-electron chi connectivity index (χ4n) is 5.29. The summed E-state index contributed by atoms with van der Waals surface area (Å²) in [5.74, 6) is 3.00. The maximum atomic E-state index is 2.63. The van der Waals surface area contributed by atoms with E-state index in [-0.39, 0.29) is 0 Å². The van der Waals surface area contributed by atoms with E-state index < -0.39 is 0 Å². The molecular formula is C29H34BN2+. The lowest BCUT2D eigenvalue weighted by atomic mass is 9.71. The van der Waals surface area contributed by atoms with E-state index in [4.69, 9.17) is 0 Å². The second kappa shape index (κ2) is 7.96. The summed E-state index contributed by atoms with van der Waals surface area (Å²) in [5.41, 5.74) is 9.46. The quantitative estimate of drug-likeness (QED) is 0.239. The summed E-state index contributed by atoms with van der Waals surface area (Å²) in [5, 5.41) is 0. The van der Waals surface area contributed by atoms with Gasteiger partial charge in [-0.2, -0.15) is 4.57 Å². The average molecular weight is 421 g/mol. The zero-order valence-electron chi connectivity index (χ0n) is 20.3. The van der Waals surface area contributed by atoms with Crippen molar-refractivity contribution in [3.8, 4) is 16.8 Å². The van der Waals surface area contributed by atoms with Crippen LogP contribution in [-0.2, 0) is 7.05 Å². The van der Waals surface area contributed by atoms with Crippen molar-refractivity contribution in [2.45, 2.75) is 58.5 Å². The highest BCUT2D eigenvalue weighted by Gasteiger charge is 2.47. The molecular weight excluding hydrogens is 387 g/mol. The lowest BCUT2D eigenvalue weighted by Gasteiger charge is -2.18. The fourth-order valence-corrected chi connectivity index (χ4v) is 5.29. The van der Waals surface area contributed by atoms with Crippen LogP contribution in [0.2, 0.25) is 13.1 Å². The normalized spacial score (nSPS) is 15.9. The summed E-state index contributed by atoms with van der Waals surface area (Å²) in [4.78, 5) is 0. The Morgan fingerprint density at radius 3 is 2.03 bits per heavy atom. The van der Waals surface area contributed by atoms with E-state index >= 15 is 0 Å². The number of fused-ring (bicyclic) bond motifs is 1. The average Bonchev–Trinajstić information content (AvgIpc) is 3.44. The van der Waals surface area contributed by atoms with Crippen LogP contribution in [0.5, 0.6) is 0 Å². The van der Waals surface area contributed by atoms with Crippen LogP contribution in [0.25, 0.3) is 27.8 Å². The largest absolute Gasteiger partial charge is 0.257 e. The van der Waals surface area contributed by atoms with Gasteiger partial charge in [-0.3, -0.25) is 0 Å². The minimum Gasteiger partial charge on any atom is -0.230 e. The molecule has 1 unspecified atom stereocenters. The molecule has 0 saturated carbocycles. The Bertz CT molecular complexity index is 1260. The van der Waals surface area contributed by atoms with Crippen LogP contribution < -0.4 is 4.57 Å². The summed E-state index contributed by atoms with van der Waals surface area (Å²) < 4.78 is 5.08. The Morgan fingerprint density at radius 1 is 0.844 bits per heavy atom. The lowest BCUT2D eigenvalue weighted by Crippen LogP contribution is -2.33. The van der Waals surface area contributed by atoms with Crippen molar-refractivity contribution >= 4 is 17.7 Å². The van der Waals surface area contributed by atoms with Crippen LogP contribution in [-0.4, -0.2) is 11.3 Å². The van der Waals surface area contributed by atoms with Crippen molar-refractivity contribution in [1.82, 2.24) is 4.57 Å². The number of imidazole rings is 1. The van der Waals surface area contributed by atoms with Crippen LogP contribution in [0.1, 0.15) is 62.3 Å². The molecule has 1 aliphatic heterocycles. The summed E-state index contributed by atoms with van der Waals surface area (Å²) in [6, 6.07) is 24.7. The van der Waals surface area contributed by atoms with Gasteiger partial charge in [-0.25, -0.2) is 4.57 Å². The highest BCUT2D eigenvalue weighted by Crippen LogP contribution is 2.43. The number of hydrogen-bond donors (Lipinski definition) is 0. The van der Waals surface area contributed by atoms with Gasteiger partial charge in [-0.05, 0) is 41.2 Å². The van der Waals surface area contributed by atoms with Crippen molar-refractivity contribution in [3.63, 3.8) is 0 Å². The molecule has 1 atom stereocenters. The number of rotatable bonds is 5. The van der Waals surface area contributed by atoms with Gasteiger partial charge < -0.3 is 0 Å². The molecule has 4 aromatic rings. The summed E-state index contributed by atoms with van der Waals surface area (Å²) >= 11 is 0. The number of aryl methyl sites for hydroxylation is 1. The van der Waals surface area contributed by atoms with E-state index in [0.29, 0.717) is 17.7 Å². The number of hydrogen-bond acceptors (Lipinski definition) is 0. The van der Waals surface area contributed by atoms with E-state index in [1.807, 2.05) is 0 Å². The van der Waals surface area contributed by atoms with Gasteiger partial charge in [-0.15, -0.1) is 0 Å². The maximum Gasteiger partial charge on any atom is 0.257 e. The molecule has 2 heterocycles. The monoisotopic (exact) mass is 421 g/mol. The van der Waals surface area contributed by atoms with Crippen LogP contribution in [0, 0.1) is 0 Å². The van der Waals surface area contributed by atoms with E-state index in [9.17, 15) is 0 Å². The van der Waals surface area contributed by atoms with Gasteiger partial charge in [0.2, 0.25) is 0 Å². The smallest absolute Gasteiger partial charge is 0.230 e. The third-order valence-electron chi connectivity index (χ3n) is 7.26. The molecule has 3 aromatic carbocycles. The molecule has 32 heavy (non-hydrogen) atoms. The van der Waals surface area contributed by atoms with Gasteiger partial charge in [0.25, 0.3) is 5.82 Å². The maximum absolute atomic E-state index is 2.63. The zero-order chi connectivity index (χ0) is 22.6. The first-order valence-corrected chi connectivity index (χ1v) is 12.1. The summed E-state index contributed by atoms with van der Waals surface area (Å²) in [6.07, 6.45) is 1.27. The zero-order valence-corrected chi connectivity index (χ0v) is 20.3. The Labute approximate surface area is 193 Å². The Morgan fingerprint density at radius 2 is 1.47 bits per heavy atom. The summed E-state index contributed by atoms with van der Waals surface area (Å²) in [6.45, 7) is 12.4. The van der Waals surface area contributed by atoms with E-state index in [1.54, 1.807) is 0 Å². The van der Waals surface area contributed by atoms with Gasteiger partial charge >= 0.3 is 0 Å². The van der Waals surface area contributed by atoms with Crippen molar-refractivity contribution in [2.75, 3.05) is 0 Å². The van der Waals surface area contributed by atoms with E-state index in [0.717, 1.165) is 6.71 Å². The number of aromatic nitrogens is 2. The second-order valence-electron chi connectivity index (χ2n) is 10.2. The van der Waals surface area contributed by atoms with Crippen molar-refractivity contribution in [1.29, 1.82) is 0 Å². The number of para-hydroxylation sites is 1. The molecule has 162 valence electrons. The van der Waals surface area contributed by atoms with Crippen LogP contribution in [0.15, 0.2) is 66.7 Å². The molecule has 0 spiro atoms. The molecule has 0 radical (unpaired) electrons. The third kappa shape index (κ3) is 3.39. The predicted molar refractivity (Wildman–Crippen MR) is 137 cm³/mol. The van der Waals surface area contributed by atoms with Crippen LogP contribution in [0.3, 0.4) is 0 Å². The summed E-state index contributed by atoms with van der Waals surface area (Å²) in [7, 11) is 2.26. The molecule has 0 N–H and O–H groups in total. The molecule has 2 nitrogen and oxygen atoms in total. The van der Waals surface area contributed by atoms with Crippen LogP contribution >= 0.6 is 0 Å². The standard InChI is InChI=1S/C29H34BN2/c1-19(2)23-13-10-14-24(20(3)4)28(23)32-27-17-22(21-11-8-7-9-12-21)15-16-26(27)31(6)29(32)25-18-30(25)5/h7-17,19-20,25H,18H2,1-6H3/q+1. The van der Waals surface area contributed by atoms with Gasteiger partial charge in [0.05, 0.1) is 7.05 Å². The highest BCUT2D eigenvalue weighted by molar-refractivity contribution is 6.70. The number of nitrogens with zero attached hydrogens (tertiary/aromatic N) is 2. The third-order valence-corrected chi connectivity index (χ3v) is 7.26.